The summed E-state index contributed by atoms with van der Waals surface area (Å²) in [6, 6.07) is 2.59. The third-order valence-electron chi connectivity index (χ3n) is 7.86. The average molecular weight is 510 g/mol. The van der Waals surface area contributed by atoms with Gasteiger partial charge in [0, 0.05) is 44.9 Å². The van der Waals surface area contributed by atoms with E-state index in [1.807, 2.05) is 25.7 Å². The standard InChI is InChI=1S/C28H39N5O4/c1-28(2,3)37-27(35)32-11-9-20-22(16-32)21(15-29)26(30-25(20)19-7-8-19)31-12-13-33(24(34)10-14-36-4)23(17-31)18-5-6-18/h18-19,23H,5-14,16-17H2,1-4H3. The number of pyridine rings is 1. The maximum Gasteiger partial charge on any atom is 0.410 e. The van der Waals surface area contributed by atoms with E-state index in [-0.39, 0.29) is 18.0 Å². The molecule has 2 aliphatic carbocycles. The predicted octanol–water partition coefficient (Wildman–Crippen LogP) is 3.59. The number of nitriles is 1. The zero-order valence-electron chi connectivity index (χ0n) is 22.6. The van der Waals surface area contributed by atoms with Gasteiger partial charge in [0.1, 0.15) is 17.5 Å². The highest BCUT2D eigenvalue weighted by Gasteiger charge is 2.42. The minimum Gasteiger partial charge on any atom is -0.444 e. The zero-order valence-corrected chi connectivity index (χ0v) is 22.6. The van der Waals surface area contributed by atoms with Crippen LogP contribution in [0.25, 0.3) is 0 Å². The molecule has 0 bridgehead atoms. The molecule has 1 atom stereocenters. The molecule has 9 heteroatoms. The number of hydrogen-bond donors (Lipinski definition) is 0. The van der Waals surface area contributed by atoms with Crippen LogP contribution >= 0.6 is 0 Å². The molecule has 3 heterocycles. The first-order chi connectivity index (χ1) is 17.7. The van der Waals surface area contributed by atoms with Gasteiger partial charge in [0.15, 0.2) is 0 Å². The number of fused-ring (bicyclic) bond motifs is 1. The number of carbonyl (C=O) groups excluding carboxylic acids is 2. The number of ether oxygens (including phenoxy) is 2. The minimum atomic E-state index is -0.573. The molecule has 1 unspecified atom stereocenters. The second-order valence-electron chi connectivity index (χ2n) is 11.9. The molecule has 5 rings (SSSR count). The Balaban J connectivity index is 1.45. The van der Waals surface area contributed by atoms with Crippen LogP contribution < -0.4 is 4.90 Å². The highest BCUT2D eigenvalue weighted by atomic mass is 16.6. The fraction of sp³-hybridized carbons (Fsp3) is 0.714. The summed E-state index contributed by atoms with van der Waals surface area (Å²) in [5, 5.41) is 10.4. The first kappa shape index (κ1) is 25.8. The normalized spacial score (nSPS) is 21.9. The Hall–Kier alpha value is -2.86. The topological polar surface area (TPSA) is 99.0 Å². The molecule has 2 saturated carbocycles. The van der Waals surface area contributed by atoms with Crippen LogP contribution in [0.4, 0.5) is 10.6 Å². The lowest BCUT2D eigenvalue weighted by molar-refractivity contribution is -0.135. The molecule has 9 nitrogen and oxygen atoms in total. The van der Waals surface area contributed by atoms with Gasteiger partial charge in [-0.05, 0) is 69.9 Å². The van der Waals surface area contributed by atoms with E-state index in [1.54, 1.807) is 12.0 Å². The number of amides is 2. The molecule has 1 aromatic heterocycles. The van der Waals surface area contributed by atoms with Gasteiger partial charge >= 0.3 is 6.09 Å². The summed E-state index contributed by atoms with van der Waals surface area (Å²) in [6.07, 6.45) is 5.24. The average Bonchev–Trinajstić information content (AvgIpc) is 3.78. The number of piperazine rings is 1. The zero-order chi connectivity index (χ0) is 26.3. The molecule has 0 spiro atoms. The van der Waals surface area contributed by atoms with Crippen LogP contribution in [0.2, 0.25) is 0 Å². The molecule has 0 N–H and O–H groups in total. The number of rotatable bonds is 6. The van der Waals surface area contributed by atoms with Gasteiger partial charge in [-0.1, -0.05) is 0 Å². The Morgan fingerprint density at radius 3 is 2.49 bits per heavy atom. The van der Waals surface area contributed by atoms with Crippen LogP contribution in [0.15, 0.2) is 0 Å². The largest absolute Gasteiger partial charge is 0.444 e. The molecule has 4 aliphatic rings. The Bertz CT molecular complexity index is 1100. The molecule has 1 saturated heterocycles. The van der Waals surface area contributed by atoms with Crippen LogP contribution in [0, 0.1) is 17.2 Å². The summed E-state index contributed by atoms with van der Waals surface area (Å²) < 4.78 is 10.8. The van der Waals surface area contributed by atoms with Crippen LogP contribution in [0.5, 0.6) is 0 Å². The summed E-state index contributed by atoms with van der Waals surface area (Å²) in [5.74, 6) is 1.81. The van der Waals surface area contributed by atoms with Gasteiger partial charge in [0.2, 0.25) is 5.91 Å². The van der Waals surface area contributed by atoms with Crippen molar-refractivity contribution in [3.05, 3.63) is 22.4 Å². The van der Waals surface area contributed by atoms with Gasteiger partial charge in [-0.3, -0.25) is 4.79 Å². The van der Waals surface area contributed by atoms with E-state index in [1.165, 1.54) is 0 Å². The van der Waals surface area contributed by atoms with Crippen molar-refractivity contribution in [3.8, 4) is 6.07 Å². The SMILES string of the molecule is COCCC(=O)N1CCN(c2nc(C3CC3)c3c(c2C#N)CN(C(=O)OC(C)(C)C)CC3)CC1C1CC1. The molecular formula is C28H39N5O4. The summed E-state index contributed by atoms with van der Waals surface area (Å²) in [7, 11) is 1.62. The quantitative estimate of drug-likeness (QED) is 0.578. The first-order valence-corrected chi connectivity index (χ1v) is 13.7. The van der Waals surface area contributed by atoms with Gasteiger partial charge in [0.25, 0.3) is 0 Å². The van der Waals surface area contributed by atoms with E-state index in [0.29, 0.717) is 69.6 Å². The van der Waals surface area contributed by atoms with Crippen molar-refractivity contribution < 1.29 is 19.1 Å². The van der Waals surface area contributed by atoms with Gasteiger partial charge in [0.05, 0.1) is 31.2 Å². The molecule has 1 aromatic rings. The molecule has 37 heavy (non-hydrogen) atoms. The fourth-order valence-electron chi connectivity index (χ4n) is 5.70. The van der Waals surface area contributed by atoms with Crippen molar-refractivity contribution in [2.24, 2.45) is 5.92 Å². The molecule has 2 aliphatic heterocycles. The third kappa shape index (κ3) is 5.54. The lowest BCUT2D eigenvalue weighted by atomic mass is 9.92. The Morgan fingerprint density at radius 1 is 1.11 bits per heavy atom. The molecule has 0 radical (unpaired) electrons. The van der Waals surface area contributed by atoms with E-state index < -0.39 is 5.60 Å². The van der Waals surface area contributed by atoms with Gasteiger partial charge < -0.3 is 24.2 Å². The fourth-order valence-corrected chi connectivity index (χ4v) is 5.70. The number of anilines is 1. The van der Waals surface area contributed by atoms with Crippen LogP contribution in [0.1, 0.15) is 81.2 Å². The molecule has 0 aromatic carbocycles. The van der Waals surface area contributed by atoms with Crippen molar-refractivity contribution in [3.63, 3.8) is 0 Å². The summed E-state index contributed by atoms with van der Waals surface area (Å²) in [5.41, 5.74) is 3.18. The molecular weight excluding hydrogens is 470 g/mol. The maximum absolute atomic E-state index is 12.9. The number of methoxy groups -OCH3 is 1. The Kier molecular flexibility index (Phi) is 7.06. The predicted molar refractivity (Wildman–Crippen MR) is 138 cm³/mol. The Labute approximate surface area is 219 Å². The highest BCUT2D eigenvalue weighted by molar-refractivity contribution is 5.77. The van der Waals surface area contributed by atoms with Gasteiger partial charge in [-0.2, -0.15) is 5.26 Å². The second-order valence-corrected chi connectivity index (χ2v) is 11.9. The summed E-state index contributed by atoms with van der Waals surface area (Å²) in [6.45, 7) is 8.91. The molecule has 3 fully saturated rings. The number of nitrogens with zero attached hydrogens (tertiary/aromatic N) is 5. The maximum atomic E-state index is 12.9. The van der Waals surface area contributed by atoms with Crippen molar-refractivity contribution in [1.82, 2.24) is 14.8 Å². The van der Waals surface area contributed by atoms with E-state index >= 15 is 0 Å². The molecule has 2 amide bonds. The summed E-state index contributed by atoms with van der Waals surface area (Å²) >= 11 is 0. The van der Waals surface area contributed by atoms with Crippen LogP contribution in [-0.4, -0.2) is 78.3 Å². The minimum absolute atomic E-state index is 0.130. The monoisotopic (exact) mass is 509 g/mol. The van der Waals surface area contributed by atoms with Gasteiger partial charge in [-0.25, -0.2) is 9.78 Å². The van der Waals surface area contributed by atoms with E-state index in [0.717, 1.165) is 48.3 Å². The number of aromatic nitrogens is 1. The first-order valence-electron chi connectivity index (χ1n) is 13.7. The smallest absolute Gasteiger partial charge is 0.410 e. The van der Waals surface area contributed by atoms with Gasteiger partial charge in [-0.15, -0.1) is 0 Å². The van der Waals surface area contributed by atoms with Crippen molar-refractivity contribution >= 4 is 17.8 Å². The lowest BCUT2D eigenvalue weighted by Gasteiger charge is -2.43. The van der Waals surface area contributed by atoms with Crippen LogP contribution in [0.3, 0.4) is 0 Å². The van der Waals surface area contributed by atoms with Crippen molar-refractivity contribution in [2.75, 3.05) is 44.8 Å². The third-order valence-corrected chi connectivity index (χ3v) is 7.86. The molecule has 200 valence electrons. The highest BCUT2D eigenvalue weighted by Crippen LogP contribution is 2.45. The van der Waals surface area contributed by atoms with Crippen molar-refractivity contribution in [1.29, 1.82) is 5.26 Å². The van der Waals surface area contributed by atoms with E-state index in [4.69, 9.17) is 14.5 Å². The van der Waals surface area contributed by atoms with Crippen molar-refractivity contribution in [2.45, 2.75) is 83.4 Å². The van der Waals surface area contributed by atoms with Crippen LogP contribution in [-0.2, 0) is 27.2 Å². The second kappa shape index (κ2) is 10.1. The van der Waals surface area contributed by atoms with E-state index in [2.05, 4.69) is 11.0 Å². The number of carbonyl (C=O) groups is 2. The Morgan fingerprint density at radius 2 is 1.86 bits per heavy atom. The summed E-state index contributed by atoms with van der Waals surface area (Å²) in [4.78, 5) is 36.9. The lowest BCUT2D eigenvalue weighted by Crippen LogP contribution is -2.56. The number of hydrogen-bond acceptors (Lipinski definition) is 7. The van der Waals surface area contributed by atoms with E-state index in [9.17, 15) is 14.9 Å².